The Morgan fingerprint density at radius 1 is 1.20 bits per heavy atom. The summed E-state index contributed by atoms with van der Waals surface area (Å²) in [5.41, 5.74) is 3.77. The summed E-state index contributed by atoms with van der Waals surface area (Å²) >= 11 is 0. The Labute approximate surface area is 120 Å². The number of aliphatic hydroxyl groups excluding tert-OH is 1. The second-order valence-corrected chi connectivity index (χ2v) is 6.09. The predicted octanol–water partition coefficient (Wildman–Crippen LogP) is 2.78. The van der Waals surface area contributed by atoms with Crippen LogP contribution in [0.4, 0.5) is 0 Å². The maximum Gasteiger partial charge on any atom is 0.0650 e. The van der Waals surface area contributed by atoms with Crippen LogP contribution in [0.3, 0.4) is 0 Å². The lowest BCUT2D eigenvalue weighted by Crippen LogP contribution is -2.23. The van der Waals surface area contributed by atoms with Crippen LogP contribution in [0.15, 0.2) is 36.5 Å². The highest BCUT2D eigenvalue weighted by Gasteiger charge is 2.27. The van der Waals surface area contributed by atoms with Gasteiger partial charge in [-0.1, -0.05) is 24.3 Å². The van der Waals surface area contributed by atoms with Gasteiger partial charge < -0.3 is 5.11 Å². The number of hydrogen-bond acceptors (Lipinski definition) is 2. The molecular formula is C17H22N2O. The van der Waals surface area contributed by atoms with E-state index in [1.807, 2.05) is 16.9 Å². The molecule has 1 aliphatic carbocycles. The predicted molar refractivity (Wildman–Crippen MR) is 79.7 cm³/mol. The Balaban J connectivity index is 1.64. The molecule has 20 heavy (non-hydrogen) atoms. The third-order valence-corrected chi connectivity index (χ3v) is 4.24. The largest absolute Gasteiger partial charge is 0.392 e. The van der Waals surface area contributed by atoms with Crippen LogP contribution in [-0.4, -0.2) is 21.0 Å². The van der Waals surface area contributed by atoms with Crippen molar-refractivity contribution in [2.24, 2.45) is 5.92 Å². The second-order valence-electron chi connectivity index (χ2n) is 6.09. The maximum atomic E-state index is 10.5. The van der Waals surface area contributed by atoms with Gasteiger partial charge in [-0.3, -0.25) is 4.68 Å². The average Bonchev–Trinajstić information content (AvgIpc) is 3.04. The molecule has 3 nitrogen and oxygen atoms in total. The molecule has 3 heteroatoms. The van der Waals surface area contributed by atoms with Crippen molar-refractivity contribution in [3.05, 3.63) is 53.3 Å². The molecule has 1 aromatic carbocycles. The standard InChI is InChI=1S/C17H22N2O/c1-12(2)19-8-7-16(18-19)11-17(20)15-9-13-5-3-4-6-14(13)10-15/h3-8,12,15,17,20H,9-11H2,1-2H3. The Bertz CT molecular complexity index is 563. The number of rotatable bonds is 4. The normalized spacial score (nSPS) is 16.6. The number of nitrogens with zero attached hydrogens (tertiary/aromatic N) is 2. The summed E-state index contributed by atoms with van der Waals surface area (Å²) in [5, 5.41) is 15.0. The number of benzene rings is 1. The molecule has 1 unspecified atom stereocenters. The molecule has 0 spiro atoms. The van der Waals surface area contributed by atoms with Gasteiger partial charge in [0.2, 0.25) is 0 Å². The van der Waals surface area contributed by atoms with Gasteiger partial charge in [-0.05, 0) is 49.8 Å². The minimum absolute atomic E-state index is 0.307. The van der Waals surface area contributed by atoms with E-state index in [0.717, 1.165) is 18.5 Å². The second kappa shape index (κ2) is 5.41. The van der Waals surface area contributed by atoms with Gasteiger partial charge in [0.1, 0.15) is 0 Å². The number of fused-ring (bicyclic) bond motifs is 1. The van der Waals surface area contributed by atoms with Crippen molar-refractivity contribution in [3.8, 4) is 0 Å². The lowest BCUT2D eigenvalue weighted by Gasteiger charge is -2.16. The monoisotopic (exact) mass is 270 g/mol. The molecule has 1 atom stereocenters. The smallest absolute Gasteiger partial charge is 0.0650 e. The van der Waals surface area contributed by atoms with Crippen LogP contribution in [0.1, 0.15) is 36.7 Å². The molecule has 1 heterocycles. The summed E-state index contributed by atoms with van der Waals surface area (Å²) in [4.78, 5) is 0. The summed E-state index contributed by atoms with van der Waals surface area (Å²) in [6, 6.07) is 10.9. The average molecular weight is 270 g/mol. The molecule has 1 aromatic heterocycles. The van der Waals surface area contributed by atoms with E-state index in [9.17, 15) is 5.11 Å². The van der Waals surface area contributed by atoms with Crippen LogP contribution in [0.2, 0.25) is 0 Å². The fraction of sp³-hybridized carbons (Fsp3) is 0.471. The molecule has 1 N–H and O–H groups in total. The highest BCUT2D eigenvalue weighted by atomic mass is 16.3. The van der Waals surface area contributed by atoms with E-state index < -0.39 is 0 Å². The summed E-state index contributed by atoms with van der Waals surface area (Å²) in [6.45, 7) is 4.22. The first-order valence-corrected chi connectivity index (χ1v) is 7.42. The zero-order valence-corrected chi connectivity index (χ0v) is 12.2. The molecule has 106 valence electrons. The van der Waals surface area contributed by atoms with Gasteiger partial charge in [0, 0.05) is 18.7 Å². The Hall–Kier alpha value is -1.61. The lowest BCUT2D eigenvalue weighted by atomic mass is 9.95. The van der Waals surface area contributed by atoms with Gasteiger partial charge in [-0.25, -0.2) is 0 Å². The van der Waals surface area contributed by atoms with Crippen molar-refractivity contribution in [1.82, 2.24) is 9.78 Å². The van der Waals surface area contributed by atoms with Gasteiger partial charge in [-0.2, -0.15) is 5.10 Å². The zero-order valence-electron chi connectivity index (χ0n) is 12.2. The Morgan fingerprint density at radius 2 is 1.85 bits per heavy atom. The van der Waals surface area contributed by atoms with Crippen LogP contribution >= 0.6 is 0 Å². The minimum Gasteiger partial charge on any atom is -0.392 e. The van der Waals surface area contributed by atoms with E-state index >= 15 is 0 Å². The van der Waals surface area contributed by atoms with Crippen LogP contribution in [0, 0.1) is 5.92 Å². The van der Waals surface area contributed by atoms with Gasteiger partial charge in [0.25, 0.3) is 0 Å². The third kappa shape index (κ3) is 2.63. The van der Waals surface area contributed by atoms with Crippen LogP contribution in [-0.2, 0) is 19.3 Å². The molecule has 0 bridgehead atoms. The maximum absolute atomic E-state index is 10.5. The third-order valence-electron chi connectivity index (χ3n) is 4.24. The fourth-order valence-electron chi connectivity index (χ4n) is 3.02. The van der Waals surface area contributed by atoms with Crippen LogP contribution in [0.25, 0.3) is 0 Å². The summed E-state index contributed by atoms with van der Waals surface area (Å²) in [6.07, 6.45) is 4.32. The van der Waals surface area contributed by atoms with Crippen molar-refractivity contribution in [2.45, 2.75) is 45.3 Å². The molecule has 0 saturated carbocycles. The minimum atomic E-state index is -0.307. The quantitative estimate of drug-likeness (QED) is 0.927. The summed E-state index contributed by atoms with van der Waals surface area (Å²) in [7, 11) is 0. The van der Waals surface area contributed by atoms with E-state index in [-0.39, 0.29) is 6.10 Å². The summed E-state index contributed by atoms with van der Waals surface area (Å²) < 4.78 is 1.95. The molecule has 2 aromatic rings. The molecular weight excluding hydrogens is 248 g/mol. The van der Waals surface area contributed by atoms with Gasteiger partial charge >= 0.3 is 0 Å². The lowest BCUT2D eigenvalue weighted by molar-refractivity contribution is 0.111. The van der Waals surface area contributed by atoms with E-state index in [2.05, 4.69) is 43.2 Å². The summed E-state index contributed by atoms with van der Waals surface area (Å²) in [5.74, 6) is 0.330. The fourth-order valence-corrected chi connectivity index (χ4v) is 3.02. The first kappa shape index (κ1) is 13.4. The Morgan fingerprint density at radius 3 is 2.40 bits per heavy atom. The van der Waals surface area contributed by atoms with E-state index in [4.69, 9.17) is 0 Å². The highest BCUT2D eigenvalue weighted by Crippen LogP contribution is 2.29. The van der Waals surface area contributed by atoms with Crippen LogP contribution < -0.4 is 0 Å². The molecule has 0 aliphatic heterocycles. The molecule has 1 aliphatic rings. The van der Waals surface area contributed by atoms with E-state index in [1.54, 1.807) is 0 Å². The first-order valence-electron chi connectivity index (χ1n) is 7.42. The number of aliphatic hydroxyl groups is 1. The van der Waals surface area contributed by atoms with Crippen molar-refractivity contribution >= 4 is 0 Å². The number of aromatic nitrogens is 2. The van der Waals surface area contributed by atoms with Crippen molar-refractivity contribution < 1.29 is 5.11 Å². The molecule has 0 radical (unpaired) electrons. The van der Waals surface area contributed by atoms with Gasteiger partial charge in [-0.15, -0.1) is 0 Å². The van der Waals surface area contributed by atoms with Crippen LogP contribution in [0.5, 0.6) is 0 Å². The number of hydrogen-bond donors (Lipinski definition) is 1. The van der Waals surface area contributed by atoms with Crippen molar-refractivity contribution in [3.63, 3.8) is 0 Å². The van der Waals surface area contributed by atoms with E-state index in [1.165, 1.54) is 11.1 Å². The van der Waals surface area contributed by atoms with Crippen molar-refractivity contribution in [1.29, 1.82) is 0 Å². The van der Waals surface area contributed by atoms with Crippen molar-refractivity contribution in [2.75, 3.05) is 0 Å². The molecule has 0 fully saturated rings. The molecule has 3 rings (SSSR count). The Kier molecular flexibility index (Phi) is 3.62. The molecule has 0 amide bonds. The topological polar surface area (TPSA) is 38.0 Å². The zero-order chi connectivity index (χ0) is 14.1. The molecule has 0 saturated heterocycles. The SMILES string of the molecule is CC(C)n1ccc(CC(O)C2Cc3ccccc3C2)n1. The van der Waals surface area contributed by atoms with Gasteiger partial charge in [0.15, 0.2) is 0 Å². The highest BCUT2D eigenvalue weighted by molar-refractivity contribution is 5.32. The first-order chi connectivity index (χ1) is 9.63. The van der Waals surface area contributed by atoms with Gasteiger partial charge in [0.05, 0.1) is 11.8 Å². The van der Waals surface area contributed by atoms with E-state index in [0.29, 0.717) is 18.4 Å².